The molecule has 0 aliphatic carbocycles. The van der Waals surface area contributed by atoms with Crippen molar-refractivity contribution in [2.75, 3.05) is 26.2 Å². The lowest BCUT2D eigenvalue weighted by atomic mass is 10.2. The maximum Gasteiger partial charge on any atom is 0.248 e. The fraction of sp³-hybridized carbons (Fsp3) is 0.462. The molecule has 1 fully saturated rings. The number of benzene rings is 1. The number of carbonyl (C=O) groups is 1. The Morgan fingerprint density at radius 3 is 2.72 bits per heavy atom. The SMILES string of the molecule is NC(=O)c1ccc(OCCN2CCCC2)c(F)c1. The van der Waals surface area contributed by atoms with Crippen molar-refractivity contribution in [2.45, 2.75) is 12.8 Å². The molecular weight excluding hydrogens is 235 g/mol. The number of nitrogens with zero attached hydrogens (tertiary/aromatic N) is 1. The van der Waals surface area contributed by atoms with Crippen molar-refractivity contribution < 1.29 is 13.9 Å². The lowest BCUT2D eigenvalue weighted by molar-refractivity contribution is 0.0999. The third-order valence-electron chi connectivity index (χ3n) is 3.08. The van der Waals surface area contributed by atoms with Crippen molar-refractivity contribution in [3.63, 3.8) is 0 Å². The summed E-state index contributed by atoms with van der Waals surface area (Å²) >= 11 is 0. The van der Waals surface area contributed by atoms with Crippen LogP contribution in [0.1, 0.15) is 23.2 Å². The first-order valence-corrected chi connectivity index (χ1v) is 6.11. The minimum absolute atomic E-state index is 0.152. The summed E-state index contributed by atoms with van der Waals surface area (Å²) in [5, 5.41) is 0. The Morgan fingerprint density at radius 2 is 2.11 bits per heavy atom. The van der Waals surface area contributed by atoms with E-state index < -0.39 is 11.7 Å². The average Bonchev–Trinajstić information content (AvgIpc) is 2.84. The predicted molar refractivity (Wildman–Crippen MR) is 66.1 cm³/mol. The molecule has 5 heteroatoms. The molecule has 0 saturated carbocycles. The van der Waals surface area contributed by atoms with E-state index in [1.54, 1.807) is 0 Å². The van der Waals surface area contributed by atoms with Gasteiger partial charge in [0.25, 0.3) is 0 Å². The molecule has 1 amide bonds. The number of hydrogen-bond acceptors (Lipinski definition) is 3. The van der Waals surface area contributed by atoms with Gasteiger partial charge in [0, 0.05) is 12.1 Å². The van der Waals surface area contributed by atoms with Crippen LogP contribution >= 0.6 is 0 Å². The van der Waals surface area contributed by atoms with Gasteiger partial charge in [0.1, 0.15) is 6.61 Å². The topological polar surface area (TPSA) is 55.6 Å². The molecule has 0 atom stereocenters. The Morgan fingerprint density at radius 1 is 1.39 bits per heavy atom. The van der Waals surface area contributed by atoms with Gasteiger partial charge < -0.3 is 10.5 Å². The number of likely N-dealkylation sites (tertiary alicyclic amines) is 1. The molecule has 1 aromatic carbocycles. The van der Waals surface area contributed by atoms with Gasteiger partial charge in [-0.25, -0.2) is 4.39 Å². The number of primary amides is 1. The number of halogens is 1. The van der Waals surface area contributed by atoms with Gasteiger partial charge in [0.2, 0.25) is 5.91 Å². The molecule has 1 saturated heterocycles. The van der Waals surface area contributed by atoms with Crippen LogP contribution in [-0.4, -0.2) is 37.0 Å². The van der Waals surface area contributed by atoms with Gasteiger partial charge in [-0.05, 0) is 44.1 Å². The molecular formula is C13H17FN2O2. The predicted octanol–water partition coefficient (Wildman–Crippen LogP) is 1.40. The highest BCUT2D eigenvalue weighted by Gasteiger charge is 2.12. The van der Waals surface area contributed by atoms with Crippen LogP contribution in [-0.2, 0) is 0 Å². The summed E-state index contributed by atoms with van der Waals surface area (Å²) < 4.78 is 18.9. The van der Waals surface area contributed by atoms with Crippen LogP contribution in [0, 0.1) is 5.82 Å². The van der Waals surface area contributed by atoms with Gasteiger partial charge >= 0.3 is 0 Å². The number of carbonyl (C=O) groups excluding carboxylic acids is 1. The first-order valence-electron chi connectivity index (χ1n) is 6.11. The maximum atomic E-state index is 13.6. The zero-order valence-corrected chi connectivity index (χ0v) is 10.2. The van der Waals surface area contributed by atoms with E-state index in [0.29, 0.717) is 6.61 Å². The summed E-state index contributed by atoms with van der Waals surface area (Å²) in [4.78, 5) is 13.1. The van der Waals surface area contributed by atoms with Gasteiger partial charge in [-0.2, -0.15) is 0 Å². The molecule has 1 aliphatic heterocycles. The summed E-state index contributed by atoms with van der Waals surface area (Å²) in [6, 6.07) is 4.02. The van der Waals surface area contributed by atoms with E-state index in [-0.39, 0.29) is 11.3 Å². The van der Waals surface area contributed by atoms with E-state index in [1.807, 2.05) is 0 Å². The molecule has 18 heavy (non-hydrogen) atoms. The van der Waals surface area contributed by atoms with Crippen LogP contribution in [0.2, 0.25) is 0 Å². The molecule has 2 N–H and O–H groups in total. The fourth-order valence-corrected chi connectivity index (χ4v) is 2.06. The van der Waals surface area contributed by atoms with Crippen molar-refractivity contribution in [1.82, 2.24) is 4.90 Å². The van der Waals surface area contributed by atoms with Crippen molar-refractivity contribution in [3.05, 3.63) is 29.6 Å². The largest absolute Gasteiger partial charge is 0.489 e. The molecule has 0 radical (unpaired) electrons. The second-order valence-corrected chi connectivity index (χ2v) is 4.41. The van der Waals surface area contributed by atoms with Crippen LogP contribution in [0.5, 0.6) is 5.75 Å². The Labute approximate surface area is 106 Å². The highest BCUT2D eigenvalue weighted by atomic mass is 19.1. The molecule has 0 unspecified atom stereocenters. The lowest BCUT2D eigenvalue weighted by Gasteiger charge is -2.15. The number of rotatable bonds is 5. The number of hydrogen-bond donors (Lipinski definition) is 1. The van der Waals surface area contributed by atoms with Crippen LogP contribution < -0.4 is 10.5 Å². The fourth-order valence-electron chi connectivity index (χ4n) is 2.06. The Balaban J connectivity index is 1.87. The van der Waals surface area contributed by atoms with E-state index >= 15 is 0 Å². The average molecular weight is 252 g/mol. The summed E-state index contributed by atoms with van der Waals surface area (Å²) in [6.07, 6.45) is 2.45. The Kier molecular flexibility index (Phi) is 4.15. The van der Waals surface area contributed by atoms with Crippen molar-refractivity contribution in [2.24, 2.45) is 5.73 Å². The maximum absolute atomic E-state index is 13.6. The summed E-state index contributed by atoms with van der Waals surface area (Å²) in [7, 11) is 0. The first kappa shape index (κ1) is 12.8. The monoisotopic (exact) mass is 252 g/mol. The molecule has 1 aliphatic rings. The summed E-state index contributed by atoms with van der Waals surface area (Å²) in [6.45, 7) is 3.43. The van der Waals surface area contributed by atoms with E-state index in [9.17, 15) is 9.18 Å². The van der Waals surface area contributed by atoms with Gasteiger partial charge in [0.05, 0.1) is 0 Å². The minimum atomic E-state index is -0.641. The second-order valence-electron chi connectivity index (χ2n) is 4.41. The normalized spacial score (nSPS) is 15.8. The Bertz CT molecular complexity index is 431. The van der Waals surface area contributed by atoms with Crippen LogP contribution in [0.3, 0.4) is 0 Å². The number of nitrogens with two attached hydrogens (primary N) is 1. The number of ether oxygens (including phenoxy) is 1. The molecule has 0 bridgehead atoms. The molecule has 1 aromatic rings. The van der Waals surface area contributed by atoms with E-state index in [2.05, 4.69) is 4.90 Å². The minimum Gasteiger partial charge on any atom is -0.489 e. The van der Waals surface area contributed by atoms with Crippen LogP contribution in [0.4, 0.5) is 4.39 Å². The molecule has 0 aromatic heterocycles. The zero-order chi connectivity index (χ0) is 13.0. The van der Waals surface area contributed by atoms with E-state index in [0.717, 1.165) is 25.7 Å². The smallest absolute Gasteiger partial charge is 0.248 e. The third-order valence-corrected chi connectivity index (χ3v) is 3.08. The van der Waals surface area contributed by atoms with Crippen LogP contribution in [0.15, 0.2) is 18.2 Å². The second kappa shape index (κ2) is 5.82. The Hall–Kier alpha value is -1.62. The van der Waals surface area contributed by atoms with Gasteiger partial charge in [-0.15, -0.1) is 0 Å². The standard InChI is InChI=1S/C13H17FN2O2/c14-11-9-10(13(15)17)3-4-12(11)18-8-7-16-5-1-2-6-16/h3-4,9H,1-2,5-8H2,(H2,15,17). The third kappa shape index (κ3) is 3.20. The van der Waals surface area contributed by atoms with Crippen molar-refractivity contribution in [1.29, 1.82) is 0 Å². The van der Waals surface area contributed by atoms with E-state index in [4.69, 9.17) is 10.5 Å². The summed E-state index contributed by atoms with van der Waals surface area (Å²) in [5.41, 5.74) is 5.21. The van der Waals surface area contributed by atoms with Gasteiger partial charge in [0.15, 0.2) is 11.6 Å². The molecule has 4 nitrogen and oxygen atoms in total. The summed E-state index contributed by atoms with van der Waals surface area (Å²) in [5.74, 6) is -1.02. The van der Waals surface area contributed by atoms with Crippen molar-refractivity contribution >= 4 is 5.91 Å². The van der Waals surface area contributed by atoms with Gasteiger partial charge in [-0.1, -0.05) is 0 Å². The number of amides is 1. The van der Waals surface area contributed by atoms with Crippen LogP contribution in [0.25, 0.3) is 0 Å². The zero-order valence-electron chi connectivity index (χ0n) is 10.2. The van der Waals surface area contributed by atoms with Crippen molar-refractivity contribution in [3.8, 4) is 5.75 Å². The molecule has 0 spiro atoms. The molecule has 1 heterocycles. The first-order chi connectivity index (χ1) is 8.66. The quantitative estimate of drug-likeness (QED) is 0.861. The highest BCUT2D eigenvalue weighted by molar-refractivity contribution is 5.92. The molecule has 98 valence electrons. The highest BCUT2D eigenvalue weighted by Crippen LogP contribution is 2.18. The molecule has 2 rings (SSSR count). The van der Waals surface area contributed by atoms with E-state index in [1.165, 1.54) is 25.0 Å². The lowest BCUT2D eigenvalue weighted by Crippen LogP contribution is -2.25. The van der Waals surface area contributed by atoms with Gasteiger partial charge in [-0.3, -0.25) is 9.69 Å².